The number of anilines is 1. The van der Waals surface area contributed by atoms with Gasteiger partial charge < -0.3 is 5.32 Å². The summed E-state index contributed by atoms with van der Waals surface area (Å²) in [6, 6.07) is 3.36. The van der Waals surface area contributed by atoms with Crippen LogP contribution in [-0.4, -0.2) is 21.1 Å². The smallest absolute Gasteiger partial charge is 0.277 e. The van der Waals surface area contributed by atoms with Crippen molar-refractivity contribution < 1.29 is 4.79 Å². The molecule has 2 aliphatic carbocycles. The molecule has 0 aliphatic heterocycles. The fourth-order valence-electron chi connectivity index (χ4n) is 2.79. The van der Waals surface area contributed by atoms with Crippen LogP contribution in [-0.2, 0) is 6.42 Å². The van der Waals surface area contributed by atoms with Gasteiger partial charge in [0, 0.05) is 23.4 Å². The van der Waals surface area contributed by atoms with Crippen LogP contribution in [0.2, 0.25) is 5.02 Å². The monoisotopic (exact) mass is 274 g/mol. The number of aromatic amines is 1. The van der Waals surface area contributed by atoms with Crippen molar-refractivity contribution in [3.8, 4) is 0 Å². The van der Waals surface area contributed by atoms with Crippen LogP contribution < -0.4 is 5.32 Å². The summed E-state index contributed by atoms with van der Waals surface area (Å²) in [5.41, 5.74) is 2.73. The Morgan fingerprint density at radius 3 is 3.16 bits per heavy atom. The second-order valence-electron chi connectivity index (χ2n) is 5.09. The Kier molecular flexibility index (Phi) is 2.20. The van der Waals surface area contributed by atoms with E-state index in [2.05, 4.69) is 20.5 Å². The highest BCUT2D eigenvalue weighted by Crippen LogP contribution is 2.56. The molecular weight excluding hydrogens is 264 g/mol. The van der Waals surface area contributed by atoms with Crippen molar-refractivity contribution in [2.75, 3.05) is 5.32 Å². The summed E-state index contributed by atoms with van der Waals surface area (Å²) in [6.45, 7) is 0. The average molecular weight is 275 g/mol. The van der Waals surface area contributed by atoms with Crippen LogP contribution in [0.15, 0.2) is 18.3 Å². The zero-order valence-electron chi connectivity index (χ0n) is 9.98. The predicted octanol–water partition coefficient (Wildman–Crippen LogP) is 2.37. The Balaban J connectivity index is 1.58. The van der Waals surface area contributed by atoms with E-state index in [1.165, 1.54) is 12.6 Å². The second-order valence-corrected chi connectivity index (χ2v) is 5.52. The number of hydrogen-bond acceptors (Lipinski definition) is 3. The molecule has 2 atom stereocenters. The number of nitrogens with one attached hydrogen (secondary N) is 2. The SMILES string of the molecule is O=C(Nc1ccc(Cl)cn1)c1n[nH]c2c1CC1CC21. The summed E-state index contributed by atoms with van der Waals surface area (Å²) in [6.07, 6.45) is 3.70. The quantitative estimate of drug-likeness (QED) is 0.883. The number of rotatable bonds is 2. The van der Waals surface area contributed by atoms with Gasteiger partial charge in [-0.15, -0.1) is 0 Å². The molecule has 0 spiro atoms. The lowest BCUT2D eigenvalue weighted by Crippen LogP contribution is -2.15. The van der Waals surface area contributed by atoms with Gasteiger partial charge in [0.05, 0.1) is 5.02 Å². The van der Waals surface area contributed by atoms with E-state index in [1.54, 1.807) is 12.1 Å². The lowest BCUT2D eigenvalue weighted by molar-refractivity contribution is 0.102. The summed E-state index contributed by atoms with van der Waals surface area (Å²) in [7, 11) is 0. The number of pyridine rings is 1. The van der Waals surface area contributed by atoms with Crippen molar-refractivity contribution in [1.29, 1.82) is 0 Å². The normalized spacial score (nSPS) is 22.8. The van der Waals surface area contributed by atoms with Gasteiger partial charge in [-0.1, -0.05) is 11.6 Å². The molecule has 2 aliphatic rings. The van der Waals surface area contributed by atoms with E-state index in [-0.39, 0.29) is 5.91 Å². The van der Waals surface area contributed by atoms with Crippen molar-refractivity contribution in [2.45, 2.75) is 18.8 Å². The summed E-state index contributed by atoms with van der Waals surface area (Å²) in [4.78, 5) is 16.2. The van der Waals surface area contributed by atoms with Gasteiger partial charge >= 0.3 is 0 Å². The highest BCUT2D eigenvalue weighted by atomic mass is 35.5. The zero-order valence-corrected chi connectivity index (χ0v) is 10.7. The molecule has 0 saturated heterocycles. The summed E-state index contributed by atoms with van der Waals surface area (Å²) in [5.74, 6) is 1.60. The van der Waals surface area contributed by atoms with Gasteiger partial charge in [0.1, 0.15) is 5.82 Å². The Bertz CT molecular complexity index is 664. The van der Waals surface area contributed by atoms with Crippen LogP contribution in [0.4, 0.5) is 5.82 Å². The van der Waals surface area contributed by atoms with Gasteiger partial charge in [-0.25, -0.2) is 4.98 Å². The Labute approximate surface area is 114 Å². The van der Waals surface area contributed by atoms with Gasteiger partial charge in [0.25, 0.3) is 5.91 Å². The maximum atomic E-state index is 12.2. The van der Waals surface area contributed by atoms with Crippen LogP contribution in [0.5, 0.6) is 0 Å². The zero-order chi connectivity index (χ0) is 13.0. The van der Waals surface area contributed by atoms with Gasteiger partial charge in [-0.3, -0.25) is 9.89 Å². The van der Waals surface area contributed by atoms with Crippen LogP contribution in [0.1, 0.15) is 34.1 Å². The van der Waals surface area contributed by atoms with Crippen LogP contribution >= 0.6 is 11.6 Å². The molecule has 2 N–H and O–H groups in total. The first-order valence-electron chi connectivity index (χ1n) is 6.22. The molecule has 19 heavy (non-hydrogen) atoms. The third kappa shape index (κ3) is 1.73. The molecule has 2 aromatic heterocycles. The van der Waals surface area contributed by atoms with Gasteiger partial charge in [0.15, 0.2) is 5.69 Å². The van der Waals surface area contributed by atoms with Crippen molar-refractivity contribution in [3.63, 3.8) is 0 Å². The molecule has 96 valence electrons. The Morgan fingerprint density at radius 2 is 2.37 bits per heavy atom. The second kappa shape index (κ2) is 3.81. The van der Waals surface area contributed by atoms with Crippen molar-refractivity contribution in [2.24, 2.45) is 5.92 Å². The van der Waals surface area contributed by atoms with Gasteiger partial charge in [-0.05, 0) is 30.9 Å². The molecule has 1 fully saturated rings. The van der Waals surface area contributed by atoms with E-state index in [0.717, 1.165) is 23.6 Å². The van der Waals surface area contributed by atoms with Crippen molar-refractivity contribution in [3.05, 3.63) is 40.3 Å². The molecule has 4 rings (SSSR count). The number of fused-ring (bicyclic) bond motifs is 3. The minimum atomic E-state index is -0.214. The molecule has 2 heterocycles. The van der Waals surface area contributed by atoms with E-state index in [0.29, 0.717) is 22.5 Å². The summed E-state index contributed by atoms with van der Waals surface area (Å²) >= 11 is 5.75. The number of carbonyl (C=O) groups is 1. The highest BCUT2D eigenvalue weighted by molar-refractivity contribution is 6.30. The highest BCUT2D eigenvalue weighted by Gasteiger charge is 2.48. The van der Waals surface area contributed by atoms with Crippen LogP contribution in [0.25, 0.3) is 0 Å². The van der Waals surface area contributed by atoms with Gasteiger partial charge in [0.2, 0.25) is 0 Å². The first-order valence-corrected chi connectivity index (χ1v) is 6.60. The fourth-order valence-corrected chi connectivity index (χ4v) is 2.91. The number of nitrogens with zero attached hydrogens (tertiary/aromatic N) is 2. The third-order valence-corrected chi connectivity index (χ3v) is 4.07. The number of carbonyl (C=O) groups excluding carboxylic acids is 1. The average Bonchev–Trinajstić information content (AvgIpc) is 2.89. The minimum absolute atomic E-state index is 0.214. The molecule has 1 saturated carbocycles. The van der Waals surface area contributed by atoms with E-state index in [1.807, 2.05) is 0 Å². The standard InChI is InChI=1S/C13H11ClN4O/c14-7-1-2-10(15-5-7)16-13(19)12-9-4-6-3-8(6)11(9)17-18-12/h1-2,5-6,8H,3-4H2,(H,17,18)(H,15,16,19). The lowest BCUT2D eigenvalue weighted by Gasteiger charge is -2.03. The van der Waals surface area contributed by atoms with E-state index >= 15 is 0 Å². The first kappa shape index (κ1) is 11.0. The molecule has 5 nitrogen and oxygen atoms in total. The van der Waals surface area contributed by atoms with Crippen molar-refractivity contribution in [1.82, 2.24) is 15.2 Å². The number of halogens is 1. The largest absolute Gasteiger partial charge is 0.305 e. The number of hydrogen-bond donors (Lipinski definition) is 2. The number of H-pyrrole nitrogens is 1. The van der Waals surface area contributed by atoms with Crippen LogP contribution in [0, 0.1) is 5.92 Å². The topological polar surface area (TPSA) is 70.7 Å². The molecular formula is C13H11ClN4O. The maximum Gasteiger partial charge on any atom is 0.277 e. The summed E-state index contributed by atoms with van der Waals surface area (Å²) in [5, 5.41) is 10.4. The lowest BCUT2D eigenvalue weighted by atomic mass is 10.1. The Morgan fingerprint density at radius 1 is 1.47 bits per heavy atom. The molecule has 0 aromatic carbocycles. The molecule has 2 unspecified atom stereocenters. The van der Waals surface area contributed by atoms with Crippen LogP contribution in [0.3, 0.4) is 0 Å². The minimum Gasteiger partial charge on any atom is -0.305 e. The molecule has 0 radical (unpaired) electrons. The number of amides is 1. The predicted molar refractivity (Wildman–Crippen MR) is 70.3 cm³/mol. The van der Waals surface area contributed by atoms with E-state index < -0.39 is 0 Å². The van der Waals surface area contributed by atoms with Gasteiger partial charge in [-0.2, -0.15) is 5.10 Å². The van der Waals surface area contributed by atoms with E-state index in [4.69, 9.17) is 11.6 Å². The van der Waals surface area contributed by atoms with Crippen molar-refractivity contribution >= 4 is 23.3 Å². The summed E-state index contributed by atoms with van der Waals surface area (Å²) < 4.78 is 0. The molecule has 0 bridgehead atoms. The fraction of sp³-hybridized carbons (Fsp3) is 0.308. The molecule has 6 heteroatoms. The Hall–Kier alpha value is -1.88. The third-order valence-electron chi connectivity index (χ3n) is 3.84. The molecule has 1 amide bonds. The van der Waals surface area contributed by atoms with E-state index in [9.17, 15) is 4.79 Å². The number of aromatic nitrogens is 3. The molecule has 2 aromatic rings. The maximum absolute atomic E-state index is 12.2. The first-order chi connectivity index (χ1) is 9.22.